The molecule has 0 aromatic heterocycles. The Balaban J connectivity index is 4.71. The van der Waals surface area contributed by atoms with Gasteiger partial charge in [0.15, 0.2) is 0 Å². The normalized spacial score (nSPS) is 18.8. The molecular formula is C7H6N30O. The van der Waals surface area contributed by atoms with E-state index in [4.69, 9.17) is 37.9 Å². The van der Waals surface area contributed by atoms with Gasteiger partial charge in [0.1, 0.15) is 6.23 Å². The monoisotopic (exact) mass is 526 g/mol. The summed E-state index contributed by atoms with van der Waals surface area (Å²) in [6.07, 6.45) is -0.159. The van der Waals surface area contributed by atoms with Crippen LogP contribution in [0.15, 0.2) is 58.3 Å². The van der Waals surface area contributed by atoms with Crippen LogP contribution < -0.4 is 0 Å². The van der Waals surface area contributed by atoms with Crippen molar-refractivity contribution in [3.05, 3.63) is 106 Å². The van der Waals surface area contributed by atoms with E-state index in [0.29, 0.717) is 0 Å². The van der Waals surface area contributed by atoms with E-state index in [2.05, 4.69) is 90.2 Å². The molecule has 1 atom stereocenters. The van der Waals surface area contributed by atoms with Gasteiger partial charge in [0.05, 0.1) is 0 Å². The standard InChI is InChI=1S/C7H6N30O/c1-38-4-2-3-35(5(17-26-8,18-27-9)19-28-10)37(7(23-32-14,24-33-15)25-34-16)36(4)6(20-29-11,21-30-12)22-31-13/h2-4H,1H3. The summed E-state index contributed by atoms with van der Waals surface area (Å²) in [6.45, 7) is 0. The number of hydrogen-bond donors (Lipinski definition) is 0. The molecule has 0 radical (unpaired) electrons. The van der Waals surface area contributed by atoms with E-state index in [1.54, 1.807) is 0 Å². The number of ether oxygens (including phenoxy) is 1. The molecule has 0 aromatic rings. The predicted octanol–water partition coefficient (Wildman–Crippen LogP) is 5.85. The first-order chi connectivity index (χ1) is 18.3. The van der Waals surface area contributed by atoms with Gasteiger partial charge in [-0.3, -0.25) is 5.01 Å². The maximum absolute atomic E-state index is 9.19. The Morgan fingerprint density at radius 3 is 1.18 bits per heavy atom. The quantitative estimate of drug-likeness (QED) is 0.162. The second-order valence-corrected chi connectivity index (χ2v) is 5.45. The van der Waals surface area contributed by atoms with Gasteiger partial charge in [-0.05, 0) is 55.9 Å². The first-order valence-electron chi connectivity index (χ1n) is 8.51. The highest BCUT2D eigenvalue weighted by Crippen LogP contribution is 2.42. The van der Waals surface area contributed by atoms with E-state index in [0.717, 1.165) is 19.4 Å². The zero-order valence-corrected chi connectivity index (χ0v) is 18.1. The van der Waals surface area contributed by atoms with Crippen LogP contribution >= 0.6 is 0 Å². The van der Waals surface area contributed by atoms with Crippen LogP contribution in [0.5, 0.6) is 0 Å². The van der Waals surface area contributed by atoms with E-state index in [1.807, 2.05) is 0 Å². The SMILES string of the molecule is COC1C=CN(C(N=[N+]=[N-])(N=[N+]=[N-])N=[N+]=[N-])N(C(N=[N+]=[N-])(N=[N+]=[N-])N=[N+]=[N-])N1C(N=[N+]=[N-])(N=[N+]=[N-])N=[N+]=[N-]. The summed E-state index contributed by atoms with van der Waals surface area (Å²) in [5.41, 5.74) is 82.3. The molecule has 0 aromatic carbocycles. The molecule has 1 unspecified atom stereocenters. The fraction of sp³-hybridized carbons (Fsp3) is 0.714. The molecule has 0 saturated heterocycles. The predicted molar refractivity (Wildman–Crippen MR) is 116 cm³/mol. The molecule has 0 N–H and O–H groups in total. The molecule has 0 amide bonds. The van der Waals surface area contributed by atoms with Crippen LogP contribution in [0.25, 0.3) is 94.0 Å². The molecule has 1 heterocycles. The van der Waals surface area contributed by atoms with Crippen LogP contribution in [0.3, 0.4) is 0 Å². The Labute approximate surface area is 204 Å². The highest BCUT2D eigenvalue weighted by molar-refractivity contribution is 5.05. The highest BCUT2D eigenvalue weighted by atomic mass is 16.5. The molecule has 38 heavy (non-hydrogen) atoms. The van der Waals surface area contributed by atoms with Crippen molar-refractivity contribution < 1.29 is 4.74 Å². The number of rotatable bonds is 13. The summed E-state index contributed by atoms with van der Waals surface area (Å²) in [4.78, 5) is 21.6. The molecule has 190 valence electrons. The van der Waals surface area contributed by atoms with Crippen LogP contribution in [0.1, 0.15) is 0 Å². The number of nitrogens with zero attached hydrogens (tertiary/aromatic N) is 30. The van der Waals surface area contributed by atoms with Crippen molar-refractivity contribution >= 4 is 0 Å². The molecule has 31 nitrogen and oxygen atoms in total. The smallest absolute Gasteiger partial charge is 0.292 e. The first-order valence-corrected chi connectivity index (χ1v) is 8.51. The molecule has 1 aliphatic rings. The molecule has 0 fully saturated rings. The second-order valence-electron chi connectivity index (χ2n) is 5.45. The van der Waals surface area contributed by atoms with Crippen molar-refractivity contribution in [2.45, 2.75) is 24.0 Å². The minimum Gasteiger partial charge on any atom is -0.361 e. The third kappa shape index (κ3) is 5.30. The minimum atomic E-state index is -3.38. The lowest BCUT2D eigenvalue weighted by molar-refractivity contribution is -0.332. The van der Waals surface area contributed by atoms with Gasteiger partial charge in [0, 0.05) is 57.5 Å². The summed E-state index contributed by atoms with van der Waals surface area (Å²) in [5.74, 6) is -9.80. The van der Waals surface area contributed by atoms with Crippen LogP contribution in [-0.2, 0) is 4.74 Å². The van der Waals surface area contributed by atoms with Gasteiger partial charge in [-0.1, -0.05) is 46.0 Å². The first kappa shape index (κ1) is 29.2. The number of methoxy groups -OCH3 is 1. The van der Waals surface area contributed by atoms with Crippen LogP contribution in [0.2, 0.25) is 0 Å². The molecule has 0 saturated carbocycles. The van der Waals surface area contributed by atoms with Crippen LogP contribution in [0.4, 0.5) is 0 Å². The van der Waals surface area contributed by atoms with Crippen molar-refractivity contribution in [3.63, 3.8) is 0 Å². The maximum Gasteiger partial charge on any atom is 0.292 e. The average Bonchev–Trinajstić information content (AvgIpc) is 2.89. The lowest BCUT2D eigenvalue weighted by Gasteiger charge is -2.56. The molecule has 31 heteroatoms. The Morgan fingerprint density at radius 2 is 0.868 bits per heavy atom. The fourth-order valence-corrected chi connectivity index (χ4v) is 2.62. The molecule has 1 rings (SSSR count). The summed E-state index contributed by atoms with van der Waals surface area (Å²) < 4.78 is 5.16. The number of hydrogen-bond acceptors (Lipinski definition) is 13. The summed E-state index contributed by atoms with van der Waals surface area (Å²) in [7, 11) is 0.973. The van der Waals surface area contributed by atoms with Gasteiger partial charge >= 0.3 is 0 Å². The van der Waals surface area contributed by atoms with Crippen molar-refractivity contribution in [3.8, 4) is 0 Å². The summed E-state index contributed by atoms with van der Waals surface area (Å²) in [6, 6.07) is 0. The lowest BCUT2D eigenvalue weighted by Crippen LogP contribution is -2.73. The Morgan fingerprint density at radius 1 is 0.553 bits per heavy atom. The van der Waals surface area contributed by atoms with E-state index < -0.39 is 24.0 Å². The molecule has 0 aliphatic carbocycles. The van der Waals surface area contributed by atoms with Gasteiger partial charge in [0.25, 0.3) is 17.7 Å². The Bertz CT molecular complexity index is 1250. The van der Waals surface area contributed by atoms with Gasteiger partial charge in [-0.15, -0.1) is 5.12 Å². The van der Waals surface area contributed by atoms with Gasteiger partial charge in [-0.25, -0.2) is 0 Å². The van der Waals surface area contributed by atoms with Crippen molar-refractivity contribution in [2.75, 3.05) is 7.11 Å². The minimum absolute atomic E-state index is 0.0520. The van der Waals surface area contributed by atoms with Gasteiger partial charge in [0.2, 0.25) is 0 Å². The third-order valence-electron chi connectivity index (χ3n) is 3.78. The summed E-state index contributed by atoms with van der Waals surface area (Å²) >= 11 is 0. The molecular weight excluding hydrogens is 520 g/mol. The fourth-order valence-electron chi connectivity index (χ4n) is 2.62. The molecule has 0 bridgehead atoms. The average molecular weight is 526 g/mol. The zero-order chi connectivity index (χ0) is 28.7. The Kier molecular flexibility index (Phi) is 10.1. The van der Waals surface area contributed by atoms with Crippen LogP contribution in [-0.4, -0.2) is 46.2 Å². The third-order valence-corrected chi connectivity index (χ3v) is 3.78. The highest BCUT2D eigenvalue weighted by Gasteiger charge is 2.57. The largest absolute Gasteiger partial charge is 0.361 e. The second kappa shape index (κ2) is 13.2. The topological polar surface area (TPSA) is 458 Å². The van der Waals surface area contributed by atoms with Crippen molar-refractivity contribution in [1.29, 1.82) is 0 Å². The molecule has 0 spiro atoms. The van der Waals surface area contributed by atoms with Crippen molar-refractivity contribution in [1.82, 2.24) is 15.1 Å². The lowest BCUT2D eigenvalue weighted by atomic mass is 10.4. The maximum atomic E-state index is 9.19. The van der Waals surface area contributed by atoms with E-state index in [1.165, 1.54) is 0 Å². The number of azide groups is 3. The van der Waals surface area contributed by atoms with E-state index in [9.17, 15) is 16.6 Å². The zero-order valence-electron chi connectivity index (χ0n) is 18.1. The van der Waals surface area contributed by atoms with Crippen molar-refractivity contribution in [2.24, 2.45) is 46.0 Å². The van der Waals surface area contributed by atoms with E-state index in [-0.39, 0.29) is 15.1 Å². The van der Waals surface area contributed by atoms with E-state index >= 15 is 0 Å². The van der Waals surface area contributed by atoms with Gasteiger partial charge in [-0.2, -0.15) is 5.01 Å². The number of hydrazine groups is 2. The van der Waals surface area contributed by atoms with Crippen LogP contribution in [0, 0.1) is 0 Å². The summed E-state index contributed by atoms with van der Waals surface area (Å²) in [5, 5.41) is 28.5. The van der Waals surface area contributed by atoms with Gasteiger partial charge < -0.3 is 4.74 Å². The Hall–Kier alpha value is -6.79. The molecule has 1 aliphatic heterocycles.